The zero-order valence-corrected chi connectivity index (χ0v) is 30.5. The minimum absolute atomic E-state index is 0.137. The fourth-order valence-electron chi connectivity index (χ4n) is 6.90. The van der Waals surface area contributed by atoms with Crippen LogP contribution in [0.2, 0.25) is 0 Å². The molecule has 9 heteroatoms. The monoisotopic (exact) mass is 746 g/mol. The Bertz CT molecular complexity index is 3050. The Morgan fingerprint density at radius 1 is 0.415 bits per heavy atom. The first-order valence-electron chi connectivity index (χ1n) is 16.9. The molecule has 0 spiro atoms. The maximum atomic E-state index is 14.1. The van der Waals surface area contributed by atoms with Gasteiger partial charge in [-0.1, -0.05) is 127 Å². The van der Waals surface area contributed by atoms with E-state index in [1.807, 2.05) is 127 Å². The van der Waals surface area contributed by atoms with Crippen molar-refractivity contribution in [1.29, 1.82) is 0 Å². The molecule has 0 aliphatic heterocycles. The summed E-state index contributed by atoms with van der Waals surface area (Å²) in [6.45, 7) is 0. The topological polar surface area (TPSA) is 92.3 Å². The molecule has 258 valence electrons. The number of hydrogen-bond acceptors (Lipinski definition) is 5. The predicted molar refractivity (Wildman–Crippen MR) is 220 cm³/mol. The van der Waals surface area contributed by atoms with E-state index in [0.29, 0.717) is 16.8 Å². The fourth-order valence-corrected chi connectivity index (χ4v) is 10.6. The molecule has 53 heavy (non-hydrogen) atoms. The van der Waals surface area contributed by atoms with Crippen LogP contribution in [0.5, 0.6) is 0 Å². The third-order valence-corrected chi connectivity index (χ3v) is 13.5. The summed E-state index contributed by atoms with van der Waals surface area (Å²) in [6, 6.07) is 52.9. The van der Waals surface area contributed by atoms with Crippen LogP contribution in [0.25, 0.3) is 64.0 Å². The molecule has 6 nitrogen and oxygen atoms in total. The maximum absolute atomic E-state index is 14.1. The molecule has 9 rings (SSSR count). The first-order valence-corrected chi connectivity index (χ1v) is 20.7. The zero-order chi connectivity index (χ0) is 36.2. The summed E-state index contributed by atoms with van der Waals surface area (Å²) in [5.74, 6) is 0. The highest BCUT2D eigenvalue weighted by atomic mass is 32.2. The van der Waals surface area contributed by atoms with Crippen molar-refractivity contribution in [3.8, 4) is 22.3 Å². The molecule has 0 unspecified atom stereocenters. The van der Waals surface area contributed by atoms with Gasteiger partial charge in [0.25, 0.3) is 20.0 Å². The summed E-state index contributed by atoms with van der Waals surface area (Å²) in [5, 5.41) is 4.93. The zero-order valence-electron chi connectivity index (χ0n) is 28.0. The van der Waals surface area contributed by atoms with E-state index in [1.165, 1.54) is 11.3 Å². The third kappa shape index (κ3) is 6.08. The molecule has 1 heterocycles. The quantitative estimate of drug-likeness (QED) is 0.162. The molecule has 9 aromatic rings. The number of benzene rings is 8. The third-order valence-electron chi connectivity index (χ3n) is 9.48. The van der Waals surface area contributed by atoms with Gasteiger partial charge in [-0.2, -0.15) is 0 Å². The highest BCUT2D eigenvalue weighted by Gasteiger charge is 2.23. The molecule has 0 fully saturated rings. The number of sulfonamides is 2. The van der Waals surface area contributed by atoms with E-state index in [1.54, 1.807) is 42.5 Å². The predicted octanol–water partition coefficient (Wildman–Crippen LogP) is 11.3. The number of thiophene rings is 1. The van der Waals surface area contributed by atoms with Gasteiger partial charge in [0.15, 0.2) is 0 Å². The van der Waals surface area contributed by atoms with Crippen molar-refractivity contribution in [3.63, 3.8) is 0 Å². The molecule has 0 radical (unpaired) electrons. The minimum atomic E-state index is -3.99. The number of anilines is 2. The van der Waals surface area contributed by atoms with E-state index in [9.17, 15) is 16.8 Å². The minimum Gasteiger partial charge on any atom is -0.280 e. The van der Waals surface area contributed by atoms with Gasteiger partial charge in [-0.25, -0.2) is 16.8 Å². The lowest BCUT2D eigenvalue weighted by Crippen LogP contribution is -2.13. The molecule has 0 saturated carbocycles. The fraction of sp³-hybridized carbons (Fsp3) is 0. The Labute approximate surface area is 311 Å². The van der Waals surface area contributed by atoms with Crippen LogP contribution in [0.4, 0.5) is 11.4 Å². The molecule has 0 amide bonds. The molecule has 0 aliphatic rings. The summed E-state index contributed by atoms with van der Waals surface area (Å²) in [4.78, 5) is 0.312. The van der Waals surface area contributed by atoms with Crippen LogP contribution >= 0.6 is 11.3 Å². The Kier molecular flexibility index (Phi) is 8.00. The Hall–Kier alpha value is -6.00. The molecular weight excluding hydrogens is 717 g/mol. The molecule has 0 atom stereocenters. The van der Waals surface area contributed by atoms with Gasteiger partial charge in [-0.15, -0.1) is 11.3 Å². The Balaban J connectivity index is 1.09. The van der Waals surface area contributed by atoms with E-state index in [4.69, 9.17) is 0 Å². The van der Waals surface area contributed by atoms with Gasteiger partial charge in [0, 0.05) is 42.3 Å². The summed E-state index contributed by atoms with van der Waals surface area (Å²) < 4.78 is 62.7. The first-order chi connectivity index (χ1) is 25.7. The SMILES string of the molecule is O=S(=O)(Nc1ccc(-c2ccccc2)cc1)c1ccc2ccc3c(sc4cc(S(=O)(=O)Nc5ccc(-c6ccccc6)cc5)c5ccccc5c43)c2c1. The van der Waals surface area contributed by atoms with Gasteiger partial charge < -0.3 is 0 Å². The van der Waals surface area contributed by atoms with E-state index in [0.717, 1.165) is 58.6 Å². The Morgan fingerprint density at radius 2 is 0.925 bits per heavy atom. The molecule has 8 aromatic carbocycles. The molecule has 0 bridgehead atoms. The van der Waals surface area contributed by atoms with E-state index >= 15 is 0 Å². The maximum Gasteiger partial charge on any atom is 0.262 e. The van der Waals surface area contributed by atoms with Crippen molar-refractivity contribution < 1.29 is 16.8 Å². The van der Waals surface area contributed by atoms with Crippen molar-refractivity contribution >= 4 is 84.5 Å². The summed E-state index contributed by atoms with van der Waals surface area (Å²) in [6.07, 6.45) is 0. The molecule has 2 N–H and O–H groups in total. The highest BCUT2D eigenvalue weighted by Crippen LogP contribution is 2.44. The van der Waals surface area contributed by atoms with Gasteiger partial charge in [0.2, 0.25) is 0 Å². The molecule has 0 aliphatic carbocycles. The Morgan fingerprint density at radius 3 is 1.53 bits per heavy atom. The van der Waals surface area contributed by atoms with Gasteiger partial charge >= 0.3 is 0 Å². The summed E-state index contributed by atoms with van der Waals surface area (Å²) >= 11 is 1.46. The summed E-state index contributed by atoms with van der Waals surface area (Å²) in [7, 11) is -7.92. The van der Waals surface area contributed by atoms with Crippen LogP contribution in [0.1, 0.15) is 0 Å². The average Bonchev–Trinajstić information content (AvgIpc) is 3.58. The molecule has 0 saturated heterocycles. The van der Waals surface area contributed by atoms with Crippen LogP contribution in [0.3, 0.4) is 0 Å². The number of hydrogen-bond donors (Lipinski definition) is 2. The van der Waals surface area contributed by atoms with Gasteiger partial charge in [0.1, 0.15) is 0 Å². The largest absolute Gasteiger partial charge is 0.280 e. The van der Waals surface area contributed by atoms with Crippen LogP contribution < -0.4 is 9.44 Å². The van der Waals surface area contributed by atoms with Crippen LogP contribution in [0, 0.1) is 0 Å². The van der Waals surface area contributed by atoms with Gasteiger partial charge in [-0.05, 0) is 75.5 Å². The lowest BCUT2D eigenvalue weighted by molar-refractivity contribution is 0.600. The summed E-state index contributed by atoms with van der Waals surface area (Å²) in [5.41, 5.74) is 5.00. The van der Waals surface area contributed by atoms with Crippen molar-refractivity contribution in [2.24, 2.45) is 0 Å². The lowest BCUT2D eigenvalue weighted by Gasteiger charge is -2.12. The normalized spacial score (nSPS) is 12.1. The number of fused-ring (bicyclic) bond motifs is 7. The molecule has 1 aromatic heterocycles. The van der Waals surface area contributed by atoms with E-state index < -0.39 is 20.0 Å². The molecular formula is C44H30N2O4S3. The van der Waals surface area contributed by atoms with Gasteiger partial charge in [0.05, 0.1) is 9.79 Å². The number of rotatable bonds is 8. The van der Waals surface area contributed by atoms with E-state index in [-0.39, 0.29) is 9.79 Å². The smallest absolute Gasteiger partial charge is 0.262 e. The van der Waals surface area contributed by atoms with Crippen molar-refractivity contribution in [2.45, 2.75) is 9.79 Å². The van der Waals surface area contributed by atoms with Crippen LogP contribution in [-0.2, 0) is 20.0 Å². The lowest BCUT2D eigenvalue weighted by atomic mass is 10.0. The van der Waals surface area contributed by atoms with E-state index in [2.05, 4.69) is 9.44 Å². The van der Waals surface area contributed by atoms with Crippen molar-refractivity contribution in [1.82, 2.24) is 0 Å². The van der Waals surface area contributed by atoms with Crippen LogP contribution in [-0.4, -0.2) is 16.8 Å². The standard InChI is InChI=1S/C44H30N2O4S3/c47-52(48,45-34-21-15-31(16-22-34)29-9-3-1-4-10-29)36-25-19-33-20-26-39-43-38-14-8-7-13-37(38)42(28-41(43)51-44(39)40(33)27-36)53(49,50)46-35-23-17-32(18-24-35)30-11-5-2-6-12-30/h1-28,45-46H. The second-order valence-electron chi connectivity index (χ2n) is 12.8. The average molecular weight is 747 g/mol. The van der Waals surface area contributed by atoms with Gasteiger partial charge in [-0.3, -0.25) is 9.44 Å². The van der Waals surface area contributed by atoms with Crippen LogP contribution in [0.15, 0.2) is 180 Å². The van der Waals surface area contributed by atoms with Crippen molar-refractivity contribution in [3.05, 3.63) is 170 Å². The second-order valence-corrected chi connectivity index (χ2v) is 17.2. The van der Waals surface area contributed by atoms with Crippen molar-refractivity contribution in [2.75, 3.05) is 9.44 Å². The first kappa shape index (κ1) is 32.9. The second kappa shape index (κ2) is 12.9. The highest BCUT2D eigenvalue weighted by molar-refractivity contribution is 7.93. The number of nitrogens with one attached hydrogen (secondary N) is 2.